The van der Waals surface area contributed by atoms with Crippen molar-refractivity contribution >= 4 is 94.1 Å². The monoisotopic (exact) mass is 1480 g/mol. The van der Waals surface area contributed by atoms with Crippen molar-refractivity contribution in [2.45, 2.75) is 280 Å². The van der Waals surface area contributed by atoms with E-state index in [1.807, 2.05) is 13.8 Å². The van der Waals surface area contributed by atoms with E-state index in [0.29, 0.717) is 24.1 Å². The molecule has 0 aliphatic carbocycles. The number of hydrogen-bond acceptors (Lipinski definition) is 18. The molecule has 0 unspecified atom stereocenters. The Hall–Kier alpha value is -8.06. The predicted molar refractivity (Wildman–Crippen MR) is 393 cm³/mol. The number of ether oxygens (including phenoxy) is 1. The van der Waals surface area contributed by atoms with E-state index in [2.05, 4.69) is 63.8 Å². The van der Waals surface area contributed by atoms with E-state index in [4.69, 9.17) is 10.5 Å². The first-order chi connectivity index (χ1) is 48.8. The normalized spacial score (nSPS) is 23.0. The molecule has 0 spiro atoms. The lowest BCUT2D eigenvalue weighted by Gasteiger charge is -2.33. The topological polar surface area (TPSA) is 442 Å². The number of likely N-dealkylation sites (tertiary alicyclic amines) is 1. The van der Waals surface area contributed by atoms with Crippen LogP contribution in [0.5, 0.6) is 0 Å². The largest absolute Gasteiger partial charge is 0.458 e. The zero-order chi connectivity index (χ0) is 78.7. The average molecular weight is 1480 g/mol. The maximum Gasteiger partial charge on any atom is 0.329 e. The van der Waals surface area contributed by atoms with Crippen LogP contribution in [0.2, 0.25) is 0 Å². The minimum atomic E-state index is -1.82. The highest BCUT2D eigenvalue weighted by molar-refractivity contribution is 7.09. The third-order valence-corrected chi connectivity index (χ3v) is 20.2. The first kappa shape index (κ1) is 90.2. The summed E-state index contributed by atoms with van der Waals surface area (Å²) in [6, 6.07) is -12.8. The fraction of sp³-hybridized carbons (Fsp3) is 0.726. The molecule has 2 aliphatic heterocycles. The average Bonchev–Trinajstić information content (AvgIpc) is 1.58. The van der Waals surface area contributed by atoms with Crippen LogP contribution in [0.25, 0.3) is 0 Å². The van der Waals surface area contributed by atoms with Crippen molar-refractivity contribution in [2.75, 3.05) is 13.1 Å². The minimum absolute atomic E-state index is 0.00304. The summed E-state index contributed by atoms with van der Waals surface area (Å²) < 4.78 is 5.95. The van der Waals surface area contributed by atoms with Gasteiger partial charge in [-0.25, -0.2) is 4.79 Å². The number of aliphatic hydroxyl groups excluding tert-OH is 1. The molecule has 0 bridgehead atoms. The summed E-state index contributed by atoms with van der Waals surface area (Å²) in [5.74, 6) is -15.1. The summed E-state index contributed by atoms with van der Waals surface area (Å²) >= 11 is 1.33. The second-order valence-electron chi connectivity index (χ2n) is 29.5. The number of carbonyl (C=O) groups excluding carboxylic acids is 14. The Kier molecular flexibility index (Phi) is 37.6. The molecule has 31 heteroatoms. The second-order valence-corrected chi connectivity index (χ2v) is 30.6. The number of carbonyl (C=O) groups is 14. The van der Waals surface area contributed by atoms with E-state index in [-0.39, 0.29) is 69.1 Å². The Morgan fingerprint density at radius 3 is 1.73 bits per heavy atom. The highest BCUT2D eigenvalue weighted by atomic mass is 32.1. The van der Waals surface area contributed by atoms with E-state index in [1.165, 1.54) is 43.1 Å². The van der Waals surface area contributed by atoms with Crippen LogP contribution in [-0.2, 0) is 78.3 Å². The van der Waals surface area contributed by atoms with E-state index < -0.39 is 203 Å². The van der Waals surface area contributed by atoms with Crippen molar-refractivity contribution < 1.29 is 77.0 Å². The highest BCUT2D eigenvalue weighted by Crippen LogP contribution is 2.23. The van der Waals surface area contributed by atoms with Gasteiger partial charge in [-0.05, 0) is 118 Å². The van der Waals surface area contributed by atoms with Crippen LogP contribution in [0.1, 0.15) is 194 Å². The van der Waals surface area contributed by atoms with Crippen molar-refractivity contribution in [3.8, 4) is 0 Å². The molecule has 0 radical (unpaired) electrons. The molecule has 0 saturated carbocycles. The zero-order valence-corrected chi connectivity index (χ0v) is 65.3. The van der Waals surface area contributed by atoms with Crippen LogP contribution in [-0.4, -0.2) is 191 Å². The van der Waals surface area contributed by atoms with Crippen molar-refractivity contribution in [1.29, 1.82) is 0 Å². The summed E-state index contributed by atoms with van der Waals surface area (Å²) in [5.41, 5.74) is 5.69. The van der Waals surface area contributed by atoms with Crippen molar-refractivity contribution in [3.63, 3.8) is 0 Å². The van der Waals surface area contributed by atoms with Gasteiger partial charge in [-0.15, -0.1) is 11.3 Å². The van der Waals surface area contributed by atoms with Crippen LogP contribution in [0.3, 0.4) is 0 Å². The van der Waals surface area contributed by atoms with Crippen LogP contribution in [0.15, 0.2) is 29.3 Å². The second kappa shape index (κ2) is 43.4. The minimum Gasteiger partial charge on any atom is -0.458 e. The van der Waals surface area contributed by atoms with Gasteiger partial charge in [0.1, 0.15) is 84.3 Å². The number of cyclic esters (lactones) is 1. The summed E-state index contributed by atoms with van der Waals surface area (Å²) in [6.45, 7) is 31.7. The molecule has 2 fully saturated rings. The van der Waals surface area contributed by atoms with Crippen LogP contribution < -0.4 is 69.5 Å². The molecule has 2 saturated heterocycles. The Morgan fingerprint density at radius 1 is 0.644 bits per heavy atom. The summed E-state index contributed by atoms with van der Waals surface area (Å²) in [7, 11) is 0. The number of allylic oxidation sites excluding steroid dienone is 1. The van der Waals surface area contributed by atoms with Crippen LogP contribution >= 0.6 is 11.3 Å². The Bertz CT molecular complexity index is 3120. The number of hydrogen-bond donors (Lipinski definition) is 14. The van der Waals surface area contributed by atoms with Gasteiger partial charge in [0.2, 0.25) is 70.9 Å². The number of rotatable bonds is 33. The first-order valence-electron chi connectivity index (χ1n) is 37.0. The molecule has 3 heterocycles. The highest BCUT2D eigenvalue weighted by Gasteiger charge is 2.44. The summed E-state index contributed by atoms with van der Waals surface area (Å²) in [4.78, 5) is 203. The van der Waals surface area contributed by atoms with Gasteiger partial charge in [0.05, 0.1) is 6.10 Å². The molecule has 30 nitrogen and oxygen atoms in total. The number of esters is 1. The quantitative estimate of drug-likeness (QED) is 0.0353. The number of aliphatic hydroxyl groups is 1. The maximum atomic E-state index is 15.0. The molecule has 15 N–H and O–H groups in total. The van der Waals surface area contributed by atoms with Gasteiger partial charge in [0, 0.05) is 24.3 Å². The molecule has 104 heavy (non-hydrogen) atoms. The smallest absolute Gasteiger partial charge is 0.329 e. The fourth-order valence-electron chi connectivity index (χ4n) is 11.8. The SMILES string of the molecule is C/C=C1\NC(=O)[C@H](Cc2cccs2)NC(=O)[C@@H](C(C)C)NC(=O)[C@@H]([C@H](C)CC)NC(=O)[C@H](NC(=O)[C@H](NC(=O)[C@H](CCCN)NC(=O)[C@H]2CCCN2C(=O)[C@H](NC(=O)[C@@H](NC(=O)[C@@H](NC(=O)[C@H](NC(=O)CC[C@@H](C)CC)C(C)C)[C@@H](C)O)C(C)C)C(C)C)[C@H](C)CC)[C@H](C)OC(=O)[C@H](C(C)C)NC1=O. The number of nitrogens with zero attached hydrogens (tertiary/aromatic N) is 1. The van der Waals surface area contributed by atoms with Gasteiger partial charge in [-0.3, -0.25) is 62.3 Å². The van der Waals surface area contributed by atoms with Gasteiger partial charge < -0.3 is 84.3 Å². The zero-order valence-electron chi connectivity index (χ0n) is 64.5. The predicted octanol–water partition coefficient (Wildman–Crippen LogP) is 1.90. The Labute approximate surface area is 617 Å². The molecule has 13 amide bonds. The third kappa shape index (κ3) is 26.8. The molecule has 17 atom stereocenters. The van der Waals surface area contributed by atoms with Crippen molar-refractivity contribution in [2.24, 2.45) is 53.1 Å². The number of amides is 13. The van der Waals surface area contributed by atoms with E-state index >= 15 is 9.59 Å². The Morgan fingerprint density at radius 2 is 1.20 bits per heavy atom. The third-order valence-electron chi connectivity index (χ3n) is 19.3. The lowest BCUT2D eigenvalue weighted by Crippen LogP contribution is -2.64. The summed E-state index contributed by atoms with van der Waals surface area (Å²) in [5, 5.41) is 45.0. The van der Waals surface area contributed by atoms with Gasteiger partial charge >= 0.3 is 5.97 Å². The van der Waals surface area contributed by atoms with Gasteiger partial charge in [0.15, 0.2) is 0 Å². The van der Waals surface area contributed by atoms with Gasteiger partial charge in [0.25, 0.3) is 5.91 Å². The van der Waals surface area contributed by atoms with E-state index in [0.717, 1.165) is 6.42 Å². The molecule has 586 valence electrons. The van der Waals surface area contributed by atoms with Gasteiger partial charge in [-0.1, -0.05) is 142 Å². The van der Waals surface area contributed by atoms with Gasteiger partial charge in [-0.2, -0.15) is 0 Å². The molecule has 1 aromatic rings. The van der Waals surface area contributed by atoms with E-state index in [1.54, 1.807) is 114 Å². The number of nitrogens with two attached hydrogens (primary N) is 1. The molecule has 3 rings (SSSR count). The van der Waals surface area contributed by atoms with Crippen molar-refractivity contribution in [1.82, 2.24) is 68.7 Å². The molecular weight excluding hydrogens is 1360 g/mol. The summed E-state index contributed by atoms with van der Waals surface area (Å²) in [6.07, 6.45) is 1.14. The standard InChI is InChI=1S/C73H122N14O16S/c1-20-41(15)30-31-51(89)78-52(36(5)6)66(95)85-59(44(18)88)70(99)80-54(38(9)10)67(96)81-55(39(11)12)72(101)87-33-25-29-50(87)64(93)76-48(28-24-32-74)62(91)83-57(42(16)21-2)69(98)86-60-45(19)103-73(102)56(40(13)14)82-61(90)47(23-4)75-63(92)49(35-46-27-26-34-104-46)77-65(94)53(37(7)8)79-68(97)58(43(17)22-3)84-71(60)100/h23,26-27,34,36-45,48-50,52-60,88H,20-22,24-25,28-33,35,74H2,1-19H3,(H,75,92)(H,76,93)(H,77,94)(H,78,89)(H,79,97)(H,80,99)(H,81,96)(H,82,90)(H,83,91)(H,84,100)(H,85,95)(H,86,98)/b47-23-/t41-,42+,43+,44+,45-,48-,49-,50+,52+,53+,54-,55+,56-,57+,58+,59-,60+/m0/s1. The molecular formula is C73H122N14O16S. The Balaban J connectivity index is 1.99. The lowest BCUT2D eigenvalue weighted by molar-refractivity contribution is -0.157. The maximum absolute atomic E-state index is 15.0. The van der Waals surface area contributed by atoms with Crippen molar-refractivity contribution in [3.05, 3.63) is 34.2 Å². The first-order valence-corrected chi connectivity index (χ1v) is 37.9. The molecule has 1 aromatic heterocycles. The molecule has 0 aromatic carbocycles. The van der Waals surface area contributed by atoms with Crippen LogP contribution in [0.4, 0.5) is 0 Å². The number of nitrogens with one attached hydrogen (secondary N) is 12. The molecule has 2 aliphatic rings. The van der Waals surface area contributed by atoms with Crippen LogP contribution in [0, 0.1) is 47.3 Å². The lowest BCUT2D eigenvalue weighted by atomic mass is 9.95. The number of thiophene rings is 1. The fourth-order valence-corrected chi connectivity index (χ4v) is 12.6. The van der Waals surface area contributed by atoms with E-state index in [9.17, 15) is 62.6 Å².